The maximum Gasteiger partial charge on any atom is 0.225 e. The van der Waals surface area contributed by atoms with Crippen LogP contribution in [0, 0.1) is 5.92 Å². The highest BCUT2D eigenvalue weighted by molar-refractivity contribution is 14.0. The van der Waals surface area contributed by atoms with Gasteiger partial charge >= 0.3 is 0 Å². The van der Waals surface area contributed by atoms with E-state index < -0.39 is 0 Å². The third kappa shape index (κ3) is 7.41. The van der Waals surface area contributed by atoms with Gasteiger partial charge in [-0.3, -0.25) is 9.79 Å². The molecule has 0 bridgehead atoms. The van der Waals surface area contributed by atoms with Gasteiger partial charge in [0.15, 0.2) is 5.96 Å². The molecule has 6 nitrogen and oxygen atoms in total. The van der Waals surface area contributed by atoms with Crippen LogP contribution < -0.4 is 10.6 Å². The lowest BCUT2D eigenvalue weighted by atomic mass is 10.1. The number of guanidine groups is 1. The Balaban J connectivity index is 0.00000320. The summed E-state index contributed by atoms with van der Waals surface area (Å²) in [7, 11) is 1.79. The van der Waals surface area contributed by atoms with Crippen molar-refractivity contribution < 1.29 is 9.53 Å². The smallest absolute Gasteiger partial charge is 0.225 e. The predicted molar refractivity (Wildman–Crippen MR) is 132 cm³/mol. The molecule has 1 heterocycles. The molecule has 1 saturated carbocycles. The first kappa shape index (κ1) is 24.9. The Morgan fingerprint density at radius 2 is 1.97 bits per heavy atom. The summed E-state index contributed by atoms with van der Waals surface area (Å²) in [6.45, 7) is 5.23. The molecular formula is C23H37IN4O2. The van der Waals surface area contributed by atoms with Gasteiger partial charge in [-0.05, 0) is 38.2 Å². The molecule has 1 amide bonds. The van der Waals surface area contributed by atoms with Gasteiger partial charge in [0.25, 0.3) is 0 Å². The van der Waals surface area contributed by atoms with Crippen molar-refractivity contribution in [1.82, 2.24) is 15.5 Å². The van der Waals surface area contributed by atoms with E-state index in [0.29, 0.717) is 12.5 Å². The molecule has 2 fully saturated rings. The van der Waals surface area contributed by atoms with E-state index in [4.69, 9.17) is 4.74 Å². The van der Waals surface area contributed by atoms with Crippen LogP contribution in [0.4, 0.5) is 0 Å². The van der Waals surface area contributed by atoms with Crippen molar-refractivity contribution in [2.24, 2.45) is 10.9 Å². The number of likely N-dealkylation sites (tertiary alicyclic amines) is 1. The molecule has 30 heavy (non-hydrogen) atoms. The average Bonchev–Trinajstić information content (AvgIpc) is 3.45. The molecule has 1 aliphatic carbocycles. The number of aliphatic imine (C=N–C) groups is 1. The van der Waals surface area contributed by atoms with Crippen LogP contribution in [0.15, 0.2) is 35.3 Å². The zero-order chi connectivity index (χ0) is 20.5. The molecule has 2 N–H and O–H groups in total. The van der Waals surface area contributed by atoms with Crippen molar-refractivity contribution in [3.63, 3.8) is 0 Å². The number of nitrogens with one attached hydrogen (secondary N) is 2. The van der Waals surface area contributed by atoms with Crippen LogP contribution in [-0.4, -0.2) is 56.1 Å². The first-order valence-electron chi connectivity index (χ1n) is 11.1. The zero-order valence-corrected chi connectivity index (χ0v) is 20.6. The van der Waals surface area contributed by atoms with E-state index in [-0.39, 0.29) is 42.0 Å². The summed E-state index contributed by atoms with van der Waals surface area (Å²) in [4.78, 5) is 19.0. The molecule has 2 aliphatic rings. The molecule has 0 radical (unpaired) electrons. The highest BCUT2D eigenvalue weighted by atomic mass is 127. The number of nitrogens with zero attached hydrogens (tertiary/aromatic N) is 2. The Morgan fingerprint density at radius 1 is 1.23 bits per heavy atom. The molecular weight excluding hydrogens is 491 g/mol. The van der Waals surface area contributed by atoms with Crippen LogP contribution in [0.3, 0.4) is 0 Å². The number of carbonyl (C=O) groups excluding carboxylic acids is 1. The number of hydrogen-bond donors (Lipinski definition) is 2. The number of benzene rings is 1. The highest BCUT2D eigenvalue weighted by Crippen LogP contribution is 2.27. The van der Waals surface area contributed by atoms with Crippen LogP contribution in [-0.2, 0) is 9.53 Å². The molecule has 1 aliphatic heterocycles. The number of halogens is 1. The third-order valence-corrected chi connectivity index (χ3v) is 6.02. The van der Waals surface area contributed by atoms with Gasteiger partial charge in [-0.15, -0.1) is 24.0 Å². The second-order valence-electron chi connectivity index (χ2n) is 8.17. The molecule has 2 unspecified atom stereocenters. The molecule has 1 saturated heterocycles. The number of rotatable bonds is 8. The normalized spacial score (nSPS) is 20.7. The molecule has 1 aromatic rings. The standard InChI is InChI=1S/C23H36N4O2.HI/c1-18(19-9-4-3-5-10-19)29-16-8-14-25-23(24-2)26-21-13-15-27(17-21)22(28)20-11-6-7-12-20;/h3-5,9-10,18,20-21H,6-8,11-17H2,1-2H3,(H2,24,25,26);1H. The first-order chi connectivity index (χ1) is 14.2. The molecule has 2 atom stereocenters. The van der Waals surface area contributed by atoms with E-state index in [0.717, 1.165) is 51.3 Å². The van der Waals surface area contributed by atoms with Gasteiger partial charge < -0.3 is 20.3 Å². The van der Waals surface area contributed by atoms with Crippen LogP contribution in [0.2, 0.25) is 0 Å². The highest BCUT2D eigenvalue weighted by Gasteiger charge is 2.32. The van der Waals surface area contributed by atoms with Crippen LogP contribution in [0.25, 0.3) is 0 Å². The molecule has 3 rings (SSSR count). The van der Waals surface area contributed by atoms with Crippen molar-refractivity contribution >= 4 is 35.8 Å². The quantitative estimate of drug-likeness (QED) is 0.234. The minimum absolute atomic E-state index is 0. The van der Waals surface area contributed by atoms with Crippen LogP contribution >= 0.6 is 24.0 Å². The van der Waals surface area contributed by atoms with Gasteiger partial charge in [0, 0.05) is 45.2 Å². The van der Waals surface area contributed by atoms with Crippen molar-refractivity contribution in [3.8, 4) is 0 Å². The van der Waals surface area contributed by atoms with E-state index in [1.807, 2.05) is 23.1 Å². The number of ether oxygens (including phenoxy) is 1. The summed E-state index contributed by atoms with van der Waals surface area (Å²) < 4.78 is 5.92. The van der Waals surface area contributed by atoms with Crippen molar-refractivity contribution in [3.05, 3.63) is 35.9 Å². The molecule has 0 aromatic heterocycles. The average molecular weight is 528 g/mol. The van der Waals surface area contributed by atoms with E-state index in [9.17, 15) is 4.79 Å². The summed E-state index contributed by atoms with van der Waals surface area (Å²) >= 11 is 0. The number of carbonyl (C=O) groups is 1. The lowest BCUT2D eigenvalue weighted by Gasteiger charge is -2.21. The lowest BCUT2D eigenvalue weighted by molar-refractivity contribution is -0.134. The Kier molecular flexibility index (Phi) is 10.9. The minimum atomic E-state index is 0. The van der Waals surface area contributed by atoms with Crippen LogP contribution in [0.5, 0.6) is 0 Å². The number of hydrogen-bond acceptors (Lipinski definition) is 3. The maximum absolute atomic E-state index is 12.6. The maximum atomic E-state index is 12.6. The number of amides is 1. The summed E-state index contributed by atoms with van der Waals surface area (Å²) in [6, 6.07) is 10.6. The zero-order valence-electron chi connectivity index (χ0n) is 18.3. The lowest BCUT2D eigenvalue weighted by Crippen LogP contribution is -2.45. The fourth-order valence-electron chi connectivity index (χ4n) is 4.26. The van der Waals surface area contributed by atoms with Gasteiger partial charge in [-0.25, -0.2) is 0 Å². The molecule has 0 spiro atoms. The Bertz CT molecular complexity index is 664. The fourth-order valence-corrected chi connectivity index (χ4v) is 4.26. The van der Waals surface area contributed by atoms with Gasteiger partial charge in [-0.2, -0.15) is 0 Å². The summed E-state index contributed by atoms with van der Waals surface area (Å²) in [5, 5.41) is 6.84. The van der Waals surface area contributed by atoms with Crippen LogP contribution in [0.1, 0.15) is 57.1 Å². The minimum Gasteiger partial charge on any atom is -0.374 e. The van der Waals surface area contributed by atoms with E-state index in [1.54, 1.807) is 7.05 Å². The largest absolute Gasteiger partial charge is 0.374 e. The summed E-state index contributed by atoms with van der Waals surface area (Å²) in [5.74, 6) is 1.44. The first-order valence-corrected chi connectivity index (χ1v) is 11.1. The SMILES string of the molecule is CN=C(NCCCOC(C)c1ccccc1)NC1CCN(C(=O)C2CCCC2)C1.I. The molecule has 1 aromatic carbocycles. The predicted octanol–water partition coefficient (Wildman–Crippen LogP) is 3.73. The summed E-state index contributed by atoms with van der Waals surface area (Å²) in [6.07, 6.45) is 6.55. The van der Waals surface area contributed by atoms with E-state index >= 15 is 0 Å². The van der Waals surface area contributed by atoms with Crippen molar-refractivity contribution in [2.75, 3.05) is 33.3 Å². The topological polar surface area (TPSA) is 66.0 Å². The van der Waals surface area contributed by atoms with Crippen molar-refractivity contribution in [2.45, 2.75) is 57.6 Å². The molecule has 168 valence electrons. The third-order valence-electron chi connectivity index (χ3n) is 6.02. The Morgan fingerprint density at radius 3 is 2.67 bits per heavy atom. The Labute approximate surface area is 198 Å². The second-order valence-corrected chi connectivity index (χ2v) is 8.17. The Hall–Kier alpha value is -1.35. The van der Waals surface area contributed by atoms with Crippen molar-refractivity contribution in [1.29, 1.82) is 0 Å². The molecule has 7 heteroatoms. The van der Waals surface area contributed by atoms with Gasteiger partial charge in [-0.1, -0.05) is 43.2 Å². The van der Waals surface area contributed by atoms with Gasteiger partial charge in [0.05, 0.1) is 6.10 Å². The monoisotopic (exact) mass is 528 g/mol. The second kappa shape index (κ2) is 13.1. The van der Waals surface area contributed by atoms with E-state index in [2.05, 4.69) is 34.7 Å². The van der Waals surface area contributed by atoms with Gasteiger partial charge in [0.1, 0.15) is 0 Å². The summed E-state index contributed by atoms with van der Waals surface area (Å²) in [5.41, 5.74) is 1.20. The van der Waals surface area contributed by atoms with E-state index in [1.165, 1.54) is 18.4 Å². The van der Waals surface area contributed by atoms with Gasteiger partial charge in [0.2, 0.25) is 5.91 Å². The fraction of sp³-hybridized carbons (Fsp3) is 0.652.